The Morgan fingerprint density at radius 1 is 1.40 bits per heavy atom. The number of anilines is 1. The van der Waals surface area contributed by atoms with E-state index in [0.717, 1.165) is 5.70 Å². The summed E-state index contributed by atoms with van der Waals surface area (Å²) < 4.78 is 7.09. The van der Waals surface area contributed by atoms with Crippen LogP contribution in [0.3, 0.4) is 0 Å². The number of carbonyl (C=O) groups is 1. The Kier molecular flexibility index (Phi) is 4.38. The lowest BCUT2D eigenvalue weighted by Crippen LogP contribution is -2.25. The van der Waals surface area contributed by atoms with Gasteiger partial charge in [-0.15, -0.1) is 0 Å². The number of carbonyl (C=O) groups excluding carboxylic acids is 1. The fourth-order valence-electron chi connectivity index (χ4n) is 2.38. The number of aromatic nitrogens is 3. The smallest absolute Gasteiger partial charge is 0.226 e. The van der Waals surface area contributed by atoms with Crippen LogP contribution < -0.4 is 5.32 Å². The third-order valence-electron chi connectivity index (χ3n) is 4.17. The summed E-state index contributed by atoms with van der Waals surface area (Å²) in [5.74, 6) is 0.250. The van der Waals surface area contributed by atoms with Crippen molar-refractivity contribution in [2.75, 3.05) is 12.4 Å². The first-order chi connectivity index (χ1) is 11.9. The van der Waals surface area contributed by atoms with Gasteiger partial charge in [-0.2, -0.15) is 5.26 Å². The molecule has 0 radical (unpaired) electrons. The first-order valence-electron chi connectivity index (χ1n) is 7.97. The van der Waals surface area contributed by atoms with Gasteiger partial charge in [0.25, 0.3) is 0 Å². The van der Waals surface area contributed by atoms with E-state index < -0.39 is 0 Å². The van der Waals surface area contributed by atoms with Gasteiger partial charge < -0.3 is 4.74 Å². The zero-order valence-corrected chi connectivity index (χ0v) is 14.4. The highest BCUT2D eigenvalue weighted by molar-refractivity contribution is 5.93. The molecule has 0 saturated carbocycles. The molecule has 0 atom stereocenters. The summed E-state index contributed by atoms with van der Waals surface area (Å²) in [6, 6.07) is 5.36. The molecule has 1 amide bonds. The molecule has 1 aliphatic carbocycles. The van der Waals surface area contributed by atoms with E-state index in [1.807, 2.05) is 38.1 Å². The second-order valence-corrected chi connectivity index (χ2v) is 6.38. The van der Waals surface area contributed by atoms with E-state index in [1.54, 1.807) is 23.8 Å². The summed E-state index contributed by atoms with van der Waals surface area (Å²) >= 11 is 0. The average molecular weight is 337 g/mol. The molecule has 3 rings (SSSR count). The van der Waals surface area contributed by atoms with Crippen LogP contribution in [0.1, 0.15) is 32.4 Å². The van der Waals surface area contributed by atoms with Gasteiger partial charge in [-0.1, -0.05) is 6.08 Å². The van der Waals surface area contributed by atoms with Crippen molar-refractivity contribution < 1.29 is 9.53 Å². The maximum Gasteiger partial charge on any atom is 0.226 e. The first-order valence-corrected chi connectivity index (χ1v) is 7.97. The summed E-state index contributed by atoms with van der Waals surface area (Å²) in [4.78, 5) is 21.1. The minimum atomic E-state index is -0.361. The predicted molar refractivity (Wildman–Crippen MR) is 94.6 cm³/mol. The SMILES string of the molecule is COC(C)(C)CCC(=O)Nc1nc2ccc(C#N)nc2n1C1=CC=C1. The molecular formula is C18H19N5O2. The minimum Gasteiger partial charge on any atom is -0.379 e. The number of nitrogens with zero attached hydrogens (tertiary/aromatic N) is 4. The Balaban J connectivity index is 1.88. The second kappa shape index (κ2) is 6.49. The number of pyridine rings is 1. The Bertz CT molecular complexity index is 931. The van der Waals surface area contributed by atoms with Crippen molar-refractivity contribution in [1.82, 2.24) is 14.5 Å². The van der Waals surface area contributed by atoms with Crippen molar-refractivity contribution in [2.24, 2.45) is 0 Å². The lowest BCUT2D eigenvalue weighted by Gasteiger charge is -2.22. The Morgan fingerprint density at radius 2 is 2.16 bits per heavy atom. The molecule has 0 aliphatic heterocycles. The summed E-state index contributed by atoms with van der Waals surface area (Å²) in [5.41, 5.74) is 1.96. The highest BCUT2D eigenvalue weighted by Crippen LogP contribution is 2.27. The lowest BCUT2D eigenvalue weighted by molar-refractivity contribution is -0.117. The summed E-state index contributed by atoms with van der Waals surface area (Å²) in [6.45, 7) is 3.87. The molecule has 0 fully saturated rings. The molecule has 0 unspecified atom stereocenters. The number of methoxy groups -OCH3 is 1. The molecule has 7 nitrogen and oxygen atoms in total. The molecule has 0 aromatic carbocycles. The largest absolute Gasteiger partial charge is 0.379 e. The van der Waals surface area contributed by atoms with Crippen molar-refractivity contribution >= 4 is 28.7 Å². The summed E-state index contributed by atoms with van der Waals surface area (Å²) in [5, 5.41) is 11.9. The van der Waals surface area contributed by atoms with Gasteiger partial charge in [-0.3, -0.25) is 14.7 Å². The molecule has 0 spiro atoms. The Labute approximate surface area is 145 Å². The van der Waals surface area contributed by atoms with Gasteiger partial charge in [-0.25, -0.2) is 9.97 Å². The molecule has 0 bridgehead atoms. The number of nitriles is 1. The number of hydrogen-bond acceptors (Lipinski definition) is 5. The minimum absolute atomic E-state index is 0.147. The molecule has 25 heavy (non-hydrogen) atoms. The van der Waals surface area contributed by atoms with Crippen LogP contribution in [0.4, 0.5) is 5.95 Å². The van der Waals surface area contributed by atoms with Crippen molar-refractivity contribution in [3.63, 3.8) is 0 Å². The topological polar surface area (TPSA) is 92.8 Å². The Hall–Kier alpha value is -2.98. The van der Waals surface area contributed by atoms with Crippen molar-refractivity contribution in [1.29, 1.82) is 5.26 Å². The molecule has 1 N–H and O–H groups in total. The maximum atomic E-state index is 12.3. The molecule has 2 aromatic heterocycles. The van der Waals surface area contributed by atoms with Gasteiger partial charge in [0.2, 0.25) is 11.9 Å². The van der Waals surface area contributed by atoms with Crippen LogP contribution in [0.15, 0.2) is 30.4 Å². The molecule has 2 aromatic rings. The van der Waals surface area contributed by atoms with E-state index in [9.17, 15) is 4.79 Å². The number of fused-ring (bicyclic) bond motifs is 1. The third kappa shape index (κ3) is 3.44. The van der Waals surface area contributed by atoms with E-state index in [4.69, 9.17) is 10.00 Å². The van der Waals surface area contributed by atoms with Gasteiger partial charge in [0.15, 0.2) is 5.65 Å². The van der Waals surface area contributed by atoms with Crippen molar-refractivity contribution in [3.05, 3.63) is 36.1 Å². The number of nitrogens with one attached hydrogen (secondary N) is 1. The number of imidazole rings is 1. The van der Waals surface area contributed by atoms with E-state index in [2.05, 4.69) is 15.3 Å². The van der Waals surface area contributed by atoms with Gasteiger partial charge in [0.1, 0.15) is 17.3 Å². The third-order valence-corrected chi connectivity index (χ3v) is 4.17. The number of rotatable bonds is 6. The number of ether oxygens (including phenoxy) is 1. The van der Waals surface area contributed by atoms with Gasteiger partial charge in [-0.05, 0) is 44.6 Å². The van der Waals surface area contributed by atoms with Crippen molar-refractivity contribution in [3.8, 4) is 6.07 Å². The van der Waals surface area contributed by atoms with Gasteiger partial charge in [0.05, 0.1) is 11.3 Å². The van der Waals surface area contributed by atoms with Crippen LogP contribution in [0.5, 0.6) is 0 Å². The normalized spacial score (nSPS) is 13.3. The van der Waals surface area contributed by atoms with Gasteiger partial charge in [0, 0.05) is 13.5 Å². The standard InChI is InChI=1S/C18H19N5O2/c1-18(2,25-3)10-9-15(24)22-17-21-14-8-7-12(11-19)20-16(14)23(17)13-5-4-6-13/h4-8H,9-10H2,1-3H3,(H,21,22,24). The zero-order valence-electron chi connectivity index (χ0n) is 14.4. The van der Waals surface area contributed by atoms with Crippen LogP contribution in [0, 0.1) is 11.3 Å². The Morgan fingerprint density at radius 3 is 2.76 bits per heavy atom. The average Bonchev–Trinajstić information content (AvgIpc) is 2.89. The number of amides is 1. The molecule has 7 heteroatoms. The van der Waals surface area contributed by atoms with E-state index in [0.29, 0.717) is 35.6 Å². The predicted octanol–water partition coefficient (Wildman–Crippen LogP) is 2.86. The molecule has 2 heterocycles. The number of hydrogen-bond donors (Lipinski definition) is 1. The fraction of sp³-hybridized carbons (Fsp3) is 0.333. The second-order valence-electron chi connectivity index (χ2n) is 6.38. The molecule has 128 valence electrons. The van der Waals surface area contributed by atoms with Crippen LogP contribution in [0.25, 0.3) is 16.9 Å². The van der Waals surface area contributed by atoms with E-state index >= 15 is 0 Å². The summed E-state index contributed by atoms with van der Waals surface area (Å²) in [7, 11) is 1.63. The monoisotopic (exact) mass is 337 g/mol. The summed E-state index contributed by atoms with van der Waals surface area (Å²) in [6.07, 6.45) is 6.59. The lowest BCUT2D eigenvalue weighted by atomic mass is 10.0. The molecule has 0 saturated heterocycles. The highest BCUT2D eigenvalue weighted by Gasteiger charge is 2.21. The van der Waals surface area contributed by atoms with Crippen LogP contribution in [0.2, 0.25) is 0 Å². The fourth-order valence-corrected chi connectivity index (χ4v) is 2.38. The van der Waals surface area contributed by atoms with Crippen LogP contribution in [-0.4, -0.2) is 33.2 Å². The van der Waals surface area contributed by atoms with Crippen molar-refractivity contribution in [2.45, 2.75) is 32.3 Å². The van der Waals surface area contributed by atoms with Crippen LogP contribution in [-0.2, 0) is 9.53 Å². The maximum absolute atomic E-state index is 12.3. The first kappa shape index (κ1) is 16.9. The van der Waals surface area contributed by atoms with Crippen LogP contribution >= 0.6 is 0 Å². The molecular weight excluding hydrogens is 318 g/mol. The van der Waals surface area contributed by atoms with Gasteiger partial charge >= 0.3 is 0 Å². The van der Waals surface area contributed by atoms with E-state index in [-0.39, 0.29) is 11.5 Å². The van der Waals surface area contributed by atoms with E-state index in [1.165, 1.54) is 0 Å². The highest BCUT2D eigenvalue weighted by atomic mass is 16.5. The zero-order chi connectivity index (χ0) is 18.0. The quantitative estimate of drug-likeness (QED) is 0.875. The number of allylic oxidation sites excluding steroid dienone is 4. The molecule has 1 aliphatic rings.